The van der Waals surface area contributed by atoms with Crippen LogP contribution in [0.3, 0.4) is 0 Å². The van der Waals surface area contributed by atoms with Crippen LogP contribution in [0.5, 0.6) is 0 Å². The first-order valence-corrected chi connectivity index (χ1v) is 4.97. The van der Waals surface area contributed by atoms with Gasteiger partial charge in [-0.25, -0.2) is 0 Å². The molecule has 2 atom stereocenters. The summed E-state index contributed by atoms with van der Waals surface area (Å²) in [6.45, 7) is 9.49. The zero-order valence-electron chi connectivity index (χ0n) is 8.29. The third-order valence-electron chi connectivity index (χ3n) is 2.33. The smallest absolute Gasteiger partial charge is 0.0565 e. The second-order valence-electron chi connectivity index (χ2n) is 3.34. The molecule has 0 aromatic rings. The molecule has 0 aromatic carbocycles. The lowest BCUT2D eigenvalue weighted by molar-refractivity contribution is 0.0936. The van der Waals surface area contributed by atoms with Crippen molar-refractivity contribution in [3.8, 4) is 0 Å². The molecule has 0 aliphatic heterocycles. The van der Waals surface area contributed by atoms with Crippen LogP contribution in [0.25, 0.3) is 0 Å². The molecule has 0 spiro atoms. The van der Waals surface area contributed by atoms with Gasteiger partial charge in [-0.1, -0.05) is 32.9 Å². The van der Waals surface area contributed by atoms with E-state index in [4.69, 9.17) is 6.58 Å². The van der Waals surface area contributed by atoms with Gasteiger partial charge in [0, 0.05) is 0 Å². The Hall–Kier alpha value is -0.300. The molecule has 1 nitrogen and oxygen atoms in total. The minimum atomic E-state index is -0.134. The van der Waals surface area contributed by atoms with Gasteiger partial charge in [0.2, 0.25) is 0 Å². The van der Waals surface area contributed by atoms with Crippen molar-refractivity contribution >= 4 is 0 Å². The number of aliphatic hydroxyl groups excluding tert-OH is 1. The summed E-state index contributed by atoms with van der Waals surface area (Å²) in [5, 5.41) is 9.62. The Bertz CT molecular complexity index is 110. The van der Waals surface area contributed by atoms with E-state index in [9.17, 15) is 5.11 Å². The lowest BCUT2D eigenvalue weighted by Crippen LogP contribution is -2.19. The summed E-state index contributed by atoms with van der Waals surface area (Å²) in [5.74, 6) is 0.444. The number of hydrogen-bond donors (Lipinski definition) is 1. The van der Waals surface area contributed by atoms with Crippen molar-refractivity contribution in [3.63, 3.8) is 0 Å². The van der Waals surface area contributed by atoms with Gasteiger partial charge < -0.3 is 5.11 Å². The molecule has 0 rings (SSSR count). The van der Waals surface area contributed by atoms with Crippen LogP contribution in [0.15, 0.2) is 6.08 Å². The van der Waals surface area contributed by atoms with Crippen LogP contribution < -0.4 is 0 Å². The summed E-state index contributed by atoms with van der Waals surface area (Å²) in [5.41, 5.74) is 0. The molecule has 0 amide bonds. The molecule has 1 heteroatoms. The second kappa shape index (κ2) is 7.35. The first kappa shape index (κ1) is 11.7. The predicted octanol–water partition coefficient (Wildman–Crippen LogP) is 2.94. The molecule has 0 aromatic heterocycles. The molecule has 0 aliphatic rings. The van der Waals surface area contributed by atoms with Crippen molar-refractivity contribution < 1.29 is 5.11 Å². The minimum Gasteiger partial charge on any atom is -0.393 e. The Labute approximate surface area is 76.5 Å². The van der Waals surface area contributed by atoms with Gasteiger partial charge in [0.05, 0.1) is 6.10 Å². The Morgan fingerprint density at radius 3 is 2.42 bits per heavy atom. The SMILES string of the molecule is [CH]=CCCC(CCC)C(O)CC. The van der Waals surface area contributed by atoms with Gasteiger partial charge in [-0.3, -0.25) is 0 Å². The predicted molar refractivity (Wildman–Crippen MR) is 52.8 cm³/mol. The summed E-state index contributed by atoms with van der Waals surface area (Å²) in [4.78, 5) is 0. The van der Waals surface area contributed by atoms with Crippen LogP contribution in [0.2, 0.25) is 0 Å². The van der Waals surface area contributed by atoms with Crippen molar-refractivity contribution in [1.82, 2.24) is 0 Å². The first-order valence-electron chi connectivity index (χ1n) is 4.97. The van der Waals surface area contributed by atoms with Crippen molar-refractivity contribution in [2.24, 2.45) is 5.92 Å². The van der Waals surface area contributed by atoms with E-state index >= 15 is 0 Å². The van der Waals surface area contributed by atoms with Gasteiger partial charge in [0.15, 0.2) is 0 Å². The molecule has 1 radical (unpaired) electrons. The van der Waals surface area contributed by atoms with Crippen LogP contribution >= 0.6 is 0 Å². The van der Waals surface area contributed by atoms with Gasteiger partial charge in [-0.05, 0) is 31.6 Å². The minimum absolute atomic E-state index is 0.134. The van der Waals surface area contributed by atoms with Gasteiger partial charge in [-0.2, -0.15) is 0 Å². The van der Waals surface area contributed by atoms with Crippen LogP contribution in [0.1, 0.15) is 46.0 Å². The number of allylic oxidation sites excluding steroid dienone is 1. The fraction of sp³-hybridized carbons (Fsp3) is 0.818. The molecule has 0 saturated heterocycles. The van der Waals surface area contributed by atoms with E-state index in [0.717, 1.165) is 32.1 Å². The maximum Gasteiger partial charge on any atom is 0.0565 e. The lowest BCUT2D eigenvalue weighted by atomic mass is 9.91. The fourth-order valence-corrected chi connectivity index (χ4v) is 1.54. The summed E-state index contributed by atoms with van der Waals surface area (Å²) in [6.07, 6.45) is 6.61. The Morgan fingerprint density at radius 1 is 1.33 bits per heavy atom. The van der Waals surface area contributed by atoms with Gasteiger partial charge in [0.25, 0.3) is 0 Å². The van der Waals surface area contributed by atoms with E-state index < -0.39 is 0 Å². The average Bonchev–Trinajstić information content (AvgIpc) is 2.11. The molecular weight excluding hydrogens is 148 g/mol. The Kier molecular flexibility index (Phi) is 7.17. The molecule has 0 heterocycles. The normalized spacial score (nSPS) is 15.6. The molecule has 0 bridgehead atoms. The largest absolute Gasteiger partial charge is 0.393 e. The standard InChI is InChI=1S/C11H21O/c1-4-7-9-10(8-5-2)11(12)6-3/h1,4,10-12H,5-9H2,2-3H3. The Balaban J connectivity index is 3.75. The van der Waals surface area contributed by atoms with E-state index in [1.165, 1.54) is 0 Å². The highest BCUT2D eigenvalue weighted by Gasteiger charge is 2.15. The van der Waals surface area contributed by atoms with Crippen LogP contribution in [-0.2, 0) is 0 Å². The summed E-state index contributed by atoms with van der Waals surface area (Å²) < 4.78 is 0. The van der Waals surface area contributed by atoms with Gasteiger partial charge >= 0.3 is 0 Å². The molecule has 0 aliphatic carbocycles. The highest BCUT2D eigenvalue weighted by molar-refractivity contribution is 4.72. The van der Waals surface area contributed by atoms with Crippen molar-refractivity contribution in [3.05, 3.63) is 12.7 Å². The number of aliphatic hydroxyl groups is 1. The summed E-state index contributed by atoms with van der Waals surface area (Å²) >= 11 is 0. The van der Waals surface area contributed by atoms with Crippen molar-refractivity contribution in [2.45, 2.75) is 52.1 Å². The zero-order chi connectivity index (χ0) is 9.40. The van der Waals surface area contributed by atoms with E-state index in [0.29, 0.717) is 5.92 Å². The average molecular weight is 169 g/mol. The van der Waals surface area contributed by atoms with Crippen LogP contribution in [0.4, 0.5) is 0 Å². The van der Waals surface area contributed by atoms with Crippen molar-refractivity contribution in [1.29, 1.82) is 0 Å². The van der Waals surface area contributed by atoms with Crippen molar-refractivity contribution in [2.75, 3.05) is 0 Å². The summed E-state index contributed by atoms with van der Waals surface area (Å²) in [6, 6.07) is 0. The first-order chi connectivity index (χ1) is 5.76. The zero-order valence-corrected chi connectivity index (χ0v) is 8.29. The maximum atomic E-state index is 9.62. The van der Waals surface area contributed by atoms with E-state index in [2.05, 4.69) is 6.92 Å². The highest BCUT2D eigenvalue weighted by Crippen LogP contribution is 2.19. The Morgan fingerprint density at radius 2 is 2.00 bits per heavy atom. The van der Waals surface area contributed by atoms with Crippen LogP contribution in [-0.4, -0.2) is 11.2 Å². The topological polar surface area (TPSA) is 20.2 Å². The monoisotopic (exact) mass is 169 g/mol. The van der Waals surface area contributed by atoms with Gasteiger partial charge in [0.1, 0.15) is 0 Å². The molecule has 12 heavy (non-hydrogen) atoms. The molecule has 2 unspecified atom stereocenters. The third-order valence-corrected chi connectivity index (χ3v) is 2.33. The maximum absolute atomic E-state index is 9.62. The second-order valence-corrected chi connectivity index (χ2v) is 3.34. The summed E-state index contributed by atoms with van der Waals surface area (Å²) in [7, 11) is 0. The number of rotatable bonds is 7. The molecule has 71 valence electrons. The van der Waals surface area contributed by atoms with Gasteiger partial charge in [-0.15, -0.1) is 0 Å². The third kappa shape index (κ3) is 4.55. The fourth-order valence-electron chi connectivity index (χ4n) is 1.54. The molecule has 0 fully saturated rings. The number of hydrogen-bond acceptors (Lipinski definition) is 1. The lowest BCUT2D eigenvalue weighted by Gasteiger charge is -2.20. The van der Waals surface area contributed by atoms with E-state index in [1.807, 2.05) is 6.92 Å². The molecule has 1 N–H and O–H groups in total. The highest BCUT2D eigenvalue weighted by atomic mass is 16.3. The molecular formula is C11H21O. The van der Waals surface area contributed by atoms with E-state index in [1.54, 1.807) is 6.08 Å². The van der Waals surface area contributed by atoms with E-state index in [-0.39, 0.29) is 6.10 Å². The van der Waals surface area contributed by atoms with Crippen LogP contribution in [0, 0.1) is 12.5 Å². The quantitative estimate of drug-likeness (QED) is 0.621. The molecule has 0 saturated carbocycles.